The summed E-state index contributed by atoms with van der Waals surface area (Å²) in [5, 5.41) is 4.41. The van der Waals surface area contributed by atoms with Crippen molar-refractivity contribution in [1.82, 2.24) is 5.32 Å². The first kappa shape index (κ1) is 25.5. The van der Waals surface area contributed by atoms with Crippen LogP contribution in [0.2, 0.25) is 18.1 Å². The number of carbonyl (C=O) groups is 2. The number of nitrogens with one attached hydrogen (secondary N) is 1. The molecule has 7 heteroatoms. The van der Waals surface area contributed by atoms with Gasteiger partial charge in [0.05, 0.1) is 7.11 Å². The Hall–Kier alpha value is -2.80. The zero-order valence-electron chi connectivity index (χ0n) is 20.6. The van der Waals surface area contributed by atoms with Crippen LogP contribution in [0.1, 0.15) is 47.1 Å². The average Bonchev–Trinajstić information content (AvgIpc) is 2.66. The second kappa shape index (κ2) is 9.36. The van der Waals surface area contributed by atoms with Crippen molar-refractivity contribution in [2.24, 2.45) is 0 Å². The number of hydrogen-bond acceptors (Lipinski definition) is 5. The summed E-state index contributed by atoms with van der Waals surface area (Å²) < 4.78 is 16.7. The lowest BCUT2D eigenvalue weighted by Gasteiger charge is -2.36. The molecule has 0 saturated heterocycles. The number of esters is 1. The van der Waals surface area contributed by atoms with Gasteiger partial charge in [-0.1, -0.05) is 51.1 Å². The summed E-state index contributed by atoms with van der Waals surface area (Å²) in [6.45, 7) is 16.3. The molecule has 0 aliphatic heterocycles. The highest BCUT2D eigenvalue weighted by Gasteiger charge is 2.39. The van der Waals surface area contributed by atoms with Crippen molar-refractivity contribution in [3.63, 3.8) is 0 Å². The fourth-order valence-corrected chi connectivity index (χ4v) is 3.80. The first-order chi connectivity index (χ1) is 14.6. The van der Waals surface area contributed by atoms with Crippen molar-refractivity contribution in [1.29, 1.82) is 0 Å². The second-order valence-electron chi connectivity index (χ2n) is 10.2. The van der Waals surface area contributed by atoms with Gasteiger partial charge in [0.25, 0.3) is 8.32 Å². The van der Waals surface area contributed by atoms with Gasteiger partial charge in [-0.05, 0) is 62.0 Å². The van der Waals surface area contributed by atoms with E-state index in [4.69, 9.17) is 13.9 Å². The van der Waals surface area contributed by atoms with Gasteiger partial charge in [-0.3, -0.25) is 5.32 Å². The van der Waals surface area contributed by atoms with E-state index in [0.717, 1.165) is 22.1 Å². The van der Waals surface area contributed by atoms with Gasteiger partial charge in [-0.2, -0.15) is 0 Å². The largest absolute Gasteiger partial charge is 0.543 e. The summed E-state index contributed by atoms with van der Waals surface area (Å²) in [5.74, 6) is 0.144. The van der Waals surface area contributed by atoms with Crippen LogP contribution in [-0.4, -0.2) is 33.1 Å². The molecule has 6 nitrogen and oxygen atoms in total. The molecule has 2 aromatic rings. The third-order valence-electron chi connectivity index (χ3n) is 5.43. The molecule has 0 heterocycles. The quantitative estimate of drug-likeness (QED) is 0.326. The molecule has 0 aliphatic carbocycles. The summed E-state index contributed by atoms with van der Waals surface area (Å²) in [5.41, 5.74) is 0.0467. The molecule has 2 rings (SSSR count). The van der Waals surface area contributed by atoms with E-state index in [2.05, 4.69) is 39.2 Å². The Bertz CT molecular complexity index is 1030. The van der Waals surface area contributed by atoms with Gasteiger partial charge in [-0.25, -0.2) is 9.59 Å². The molecule has 0 unspecified atom stereocenters. The Morgan fingerprint density at radius 3 is 2.06 bits per heavy atom. The third-order valence-corrected chi connectivity index (χ3v) is 9.77. The molecule has 0 bridgehead atoms. The molecule has 0 spiro atoms. The Morgan fingerprint density at radius 2 is 1.53 bits per heavy atom. The molecular formula is C25H35NO5Si. The van der Waals surface area contributed by atoms with Crippen LogP contribution in [0.3, 0.4) is 0 Å². The summed E-state index contributed by atoms with van der Waals surface area (Å²) in [7, 11) is -0.779. The number of amides is 1. The fourth-order valence-electron chi connectivity index (χ4n) is 2.76. The van der Waals surface area contributed by atoms with Crippen molar-refractivity contribution in [2.45, 2.75) is 65.3 Å². The van der Waals surface area contributed by atoms with Crippen molar-refractivity contribution in [3.05, 3.63) is 47.7 Å². The van der Waals surface area contributed by atoms with Crippen molar-refractivity contribution < 1.29 is 23.5 Å². The maximum atomic E-state index is 12.3. The van der Waals surface area contributed by atoms with E-state index in [0.29, 0.717) is 0 Å². The Morgan fingerprint density at radius 1 is 0.938 bits per heavy atom. The van der Waals surface area contributed by atoms with E-state index in [1.165, 1.54) is 7.11 Å². The van der Waals surface area contributed by atoms with Crippen molar-refractivity contribution >= 4 is 37.2 Å². The molecule has 0 aromatic heterocycles. The zero-order chi connectivity index (χ0) is 24.3. The van der Waals surface area contributed by atoms with Crippen LogP contribution in [-0.2, 0) is 14.3 Å². The summed E-state index contributed by atoms with van der Waals surface area (Å²) >= 11 is 0. The second-order valence-corrected chi connectivity index (χ2v) is 15.0. The molecule has 0 radical (unpaired) electrons. The summed E-state index contributed by atoms with van der Waals surface area (Å²) in [6.07, 6.45) is 0.866. The fraction of sp³-hybridized carbons (Fsp3) is 0.440. The normalized spacial score (nSPS) is 13.0. The highest BCUT2D eigenvalue weighted by atomic mass is 28.4. The maximum absolute atomic E-state index is 12.3. The molecule has 0 aliphatic rings. The lowest BCUT2D eigenvalue weighted by Crippen LogP contribution is -2.43. The molecule has 1 amide bonds. The van der Waals surface area contributed by atoms with Crippen LogP contribution in [0.15, 0.2) is 42.1 Å². The molecule has 0 atom stereocenters. The Kier molecular flexibility index (Phi) is 7.45. The maximum Gasteiger partial charge on any atom is 0.412 e. The van der Waals surface area contributed by atoms with Gasteiger partial charge >= 0.3 is 12.1 Å². The number of ether oxygens (including phenoxy) is 2. The van der Waals surface area contributed by atoms with Gasteiger partial charge in [0.15, 0.2) is 0 Å². The predicted molar refractivity (Wildman–Crippen MR) is 131 cm³/mol. The smallest absolute Gasteiger partial charge is 0.412 e. The van der Waals surface area contributed by atoms with Crippen molar-refractivity contribution in [3.8, 4) is 5.75 Å². The number of carbonyl (C=O) groups excluding carboxylic acids is 2. The molecule has 174 valence electrons. The van der Waals surface area contributed by atoms with Gasteiger partial charge in [-0.15, -0.1) is 0 Å². The lowest BCUT2D eigenvalue weighted by molar-refractivity contribution is -0.136. The van der Waals surface area contributed by atoms with E-state index in [1.54, 1.807) is 26.8 Å². The van der Waals surface area contributed by atoms with E-state index < -0.39 is 26.0 Å². The standard InChI is InChI=1S/C25H35NO5Si/c1-24(2,3)30-23(28)26-20(22(27)29-7)16-17-14-15-21(19-13-11-10-12-18(17)19)31-32(8,9)25(4,5)6/h10-16H,1-9H3,(H,26,28)/b20-16-. The van der Waals surface area contributed by atoms with Crippen LogP contribution >= 0.6 is 0 Å². The topological polar surface area (TPSA) is 73.9 Å². The molecular weight excluding hydrogens is 422 g/mol. The zero-order valence-corrected chi connectivity index (χ0v) is 21.6. The highest BCUT2D eigenvalue weighted by molar-refractivity contribution is 6.74. The highest BCUT2D eigenvalue weighted by Crippen LogP contribution is 2.40. The third kappa shape index (κ3) is 6.35. The van der Waals surface area contributed by atoms with Crippen LogP contribution in [0.25, 0.3) is 16.8 Å². The van der Waals surface area contributed by atoms with E-state index in [9.17, 15) is 9.59 Å². The van der Waals surface area contributed by atoms with Crippen molar-refractivity contribution in [2.75, 3.05) is 7.11 Å². The van der Waals surface area contributed by atoms with Gasteiger partial charge < -0.3 is 13.9 Å². The summed E-state index contributed by atoms with van der Waals surface area (Å²) in [6, 6.07) is 11.6. The monoisotopic (exact) mass is 457 g/mol. The van der Waals surface area contributed by atoms with Crippen LogP contribution < -0.4 is 9.74 Å². The van der Waals surface area contributed by atoms with Crippen LogP contribution in [0.5, 0.6) is 5.75 Å². The summed E-state index contributed by atoms with van der Waals surface area (Å²) in [4.78, 5) is 24.6. The number of methoxy groups -OCH3 is 1. The van der Waals surface area contributed by atoms with Crippen LogP contribution in [0.4, 0.5) is 4.79 Å². The first-order valence-corrected chi connectivity index (χ1v) is 13.6. The van der Waals surface area contributed by atoms with E-state index in [1.807, 2.05) is 36.4 Å². The number of benzene rings is 2. The lowest BCUT2D eigenvalue weighted by atomic mass is 10.0. The first-order valence-electron chi connectivity index (χ1n) is 10.7. The Balaban J connectivity index is 2.52. The minimum atomic E-state index is -2.04. The minimum absolute atomic E-state index is 0.00929. The number of alkyl carbamates (subject to hydrolysis) is 1. The molecule has 1 N–H and O–H groups in total. The molecule has 0 saturated carbocycles. The SMILES string of the molecule is COC(=O)/C(=C/c1ccc(O[Si](C)(C)C(C)(C)C)c2ccccc12)NC(=O)OC(C)(C)C. The average molecular weight is 458 g/mol. The molecule has 2 aromatic carbocycles. The minimum Gasteiger partial charge on any atom is -0.543 e. The van der Waals surface area contributed by atoms with E-state index >= 15 is 0 Å². The molecule has 0 fully saturated rings. The number of hydrogen-bond donors (Lipinski definition) is 1. The molecule has 32 heavy (non-hydrogen) atoms. The predicted octanol–water partition coefficient (Wildman–Crippen LogP) is 6.26. The van der Waals surface area contributed by atoms with Crippen LogP contribution in [0, 0.1) is 0 Å². The van der Waals surface area contributed by atoms with Gasteiger partial charge in [0, 0.05) is 5.39 Å². The van der Waals surface area contributed by atoms with Gasteiger partial charge in [0.2, 0.25) is 0 Å². The number of rotatable bonds is 5. The van der Waals surface area contributed by atoms with Gasteiger partial charge in [0.1, 0.15) is 17.0 Å². The van der Waals surface area contributed by atoms with E-state index in [-0.39, 0.29) is 10.7 Å². The Labute approximate surface area is 192 Å². The number of fused-ring (bicyclic) bond motifs is 1.